The van der Waals surface area contributed by atoms with E-state index in [0.717, 1.165) is 5.56 Å². The van der Waals surface area contributed by atoms with Crippen LogP contribution in [0.1, 0.15) is 19.4 Å². The van der Waals surface area contributed by atoms with Crippen molar-refractivity contribution in [2.45, 2.75) is 26.0 Å². The molecule has 1 aliphatic rings. The third kappa shape index (κ3) is 3.64. The highest BCUT2D eigenvalue weighted by molar-refractivity contribution is 5.92. The fourth-order valence-corrected chi connectivity index (χ4v) is 2.05. The number of hydrogen-bond acceptors (Lipinski definition) is 2. The maximum Gasteiger partial charge on any atom is 0.246 e. The monoisotopic (exact) mass is 263 g/mol. The van der Waals surface area contributed by atoms with Gasteiger partial charge >= 0.3 is 0 Å². The highest BCUT2D eigenvalue weighted by atomic mass is 19.1. The highest BCUT2D eigenvalue weighted by Crippen LogP contribution is 2.12. The van der Waals surface area contributed by atoms with Crippen molar-refractivity contribution >= 4 is 12.0 Å². The molecule has 0 saturated carbocycles. The zero-order chi connectivity index (χ0) is 13.8. The molecule has 1 heterocycles. The molecule has 1 aromatic rings. The van der Waals surface area contributed by atoms with Gasteiger partial charge in [-0.05, 0) is 37.6 Å². The van der Waals surface area contributed by atoms with E-state index in [0.29, 0.717) is 13.2 Å². The molecule has 19 heavy (non-hydrogen) atoms. The summed E-state index contributed by atoms with van der Waals surface area (Å²) in [6, 6.07) is 6.13. The molecule has 1 saturated heterocycles. The van der Waals surface area contributed by atoms with Crippen molar-refractivity contribution in [3.8, 4) is 0 Å². The van der Waals surface area contributed by atoms with Crippen LogP contribution in [0.2, 0.25) is 0 Å². The molecule has 102 valence electrons. The predicted molar refractivity (Wildman–Crippen MR) is 72.0 cm³/mol. The summed E-state index contributed by atoms with van der Waals surface area (Å²) in [6.07, 6.45) is 3.30. The van der Waals surface area contributed by atoms with Gasteiger partial charge in [0.25, 0.3) is 0 Å². The van der Waals surface area contributed by atoms with Crippen LogP contribution < -0.4 is 0 Å². The first kappa shape index (κ1) is 13.7. The Morgan fingerprint density at radius 1 is 1.37 bits per heavy atom. The summed E-state index contributed by atoms with van der Waals surface area (Å²) < 4.78 is 18.2. The SMILES string of the molecule is C[C@@H]1CN(C(=O)/C=C/c2ccc(F)cc2)[C@@H](C)CO1. The number of nitrogens with zero attached hydrogens (tertiary/aromatic N) is 1. The molecule has 0 unspecified atom stereocenters. The van der Waals surface area contributed by atoms with E-state index in [2.05, 4.69) is 0 Å². The first-order valence-corrected chi connectivity index (χ1v) is 6.42. The summed E-state index contributed by atoms with van der Waals surface area (Å²) in [5.41, 5.74) is 0.809. The summed E-state index contributed by atoms with van der Waals surface area (Å²) in [5, 5.41) is 0. The number of carbonyl (C=O) groups excluding carboxylic acids is 1. The second kappa shape index (κ2) is 5.97. The lowest BCUT2D eigenvalue weighted by atomic mass is 10.1. The Morgan fingerprint density at radius 2 is 2.05 bits per heavy atom. The van der Waals surface area contributed by atoms with Crippen LogP contribution in [0.4, 0.5) is 4.39 Å². The van der Waals surface area contributed by atoms with E-state index in [4.69, 9.17) is 4.74 Å². The Bertz CT molecular complexity index is 470. The molecule has 0 N–H and O–H groups in total. The Balaban J connectivity index is 2.01. The summed E-state index contributed by atoms with van der Waals surface area (Å²) in [5.74, 6) is -0.314. The van der Waals surface area contributed by atoms with E-state index in [1.807, 2.05) is 13.8 Å². The van der Waals surface area contributed by atoms with Crippen molar-refractivity contribution in [3.05, 3.63) is 41.7 Å². The van der Waals surface area contributed by atoms with Crippen LogP contribution in [0.15, 0.2) is 30.3 Å². The first-order chi connectivity index (χ1) is 9.06. The minimum absolute atomic E-state index is 0.0352. The Kier molecular flexibility index (Phi) is 4.32. The second-order valence-electron chi connectivity index (χ2n) is 4.87. The zero-order valence-electron chi connectivity index (χ0n) is 11.2. The van der Waals surface area contributed by atoms with E-state index in [1.165, 1.54) is 18.2 Å². The van der Waals surface area contributed by atoms with Crippen LogP contribution in [0.3, 0.4) is 0 Å². The van der Waals surface area contributed by atoms with Gasteiger partial charge in [-0.1, -0.05) is 12.1 Å². The van der Waals surface area contributed by atoms with Crippen LogP contribution in [0.25, 0.3) is 6.08 Å². The number of ether oxygens (including phenoxy) is 1. The normalized spacial score (nSPS) is 23.8. The minimum Gasteiger partial charge on any atom is -0.375 e. The van der Waals surface area contributed by atoms with Gasteiger partial charge in [0.15, 0.2) is 0 Å². The molecule has 2 rings (SSSR count). The fourth-order valence-electron chi connectivity index (χ4n) is 2.05. The van der Waals surface area contributed by atoms with Crippen molar-refractivity contribution in [2.75, 3.05) is 13.2 Å². The van der Waals surface area contributed by atoms with Crippen LogP contribution in [0, 0.1) is 5.82 Å². The van der Waals surface area contributed by atoms with Gasteiger partial charge in [-0.2, -0.15) is 0 Å². The van der Waals surface area contributed by atoms with E-state index in [-0.39, 0.29) is 23.9 Å². The number of rotatable bonds is 2. The Morgan fingerprint density at radius 3 is 2.74 bits per heavy atom. The van der Waals surface area contributed by atoms with E-state index >= 15 is 0 Å². The van der Waals surface area contributed by atoms with Gasteiger partial charge in [0, 0.05) is 12.6 Å². The molecule has 0 radical (unpaired) electrons. The van der Waals surface area contributed by atoms with Gasteiger partial charge in [-0.15, -0.1) is 0 Å². The number of morpholine rings is 1. The van der Waals surface area contributed by atoms with Crippen LogP contribution in [0.5, 0.6) is 0 Å². The maximum atomic E-state index is 12.8. The molecule has 0 bridgehead atoms. The number of amides is 1. The second-order valence-corrected chi connectivity index (χ2v) is 4.87. The molecule has 4 heteroatoms. The fraction of sp³-hybridized carbons (Fsp3) is 0.400. The molecule has 1 amide bonds. The topological polar surface area (TPSA) is 29.5 Å². The predicted octanol–water partition coefficient (Wildman–Crippen LogP) is 2.47. The largest absolute Gasteiger partial charge is 0.375 e. The van der Waals surface area contributed by atoms with Crippen molar-refractivity contribution in [3.63, 3.8) is 0 Å². The summed E-state index contributed by atoms with van der Waals surface area (Å²) in [7, 11) is 0. The van der Waals surface area contributed by atoms with Crippen LogP contribution >= 0.6 is 0 Å². The van der Waals surface area contributed by atoms with Gasteiger partial charge < -0.3 is 9.64 Å². The van der Waals surface area contributed by atoms with Crippen LogP contribution in [-0.4, -0.2) is 36.1 Å². The Labute approximate surface area is 112 Å². The number of benzene rings is 1. The molecule has 2 atom stereocenters. The summed E-state index contributed by atoms with van der Waals surface area (Å²) in [6.45, 7) is 5.09. The van der Waals surface area contributed by atoms with Crippen LogP contribution in [-0.2, 0) is 9.53 Å². The van der Waals surface area contributed by atoms with Gasteiger partial charge in [-0.25, -0.2) is 4.39 Å². The average Bonchev–Trinajstić information content (AvgIpc) is 2.40. The molecular formula is C15H18FNO2. The standard InChI is InChI=1S/C15H18FNO2/c1-11-10-19-12(2)9-17(11)15(18)8-5-13-3-6-14(16)7-4-13/h3-8,11-12H,9-10H2,1-2H3/b8-5+/t11-,12+/m0/s1. The lowest BCUT2D eigenvalue weighted by Crippen LogP contribution is -2.49. The Hall–Kier alpha value is -1.68. The molecule has 1 aliphatic heterocycles. The summed E-state index contributed by atoms with van der Waals surface area (Å²) >= 11 is 0. The molecule has 1 fully saturated rings. The number of halogens is 1. The maximum absolute atomic E-state index is 12.8. The molecule has 0 aliphatic carbocycles. The molecule has 0 aromatic heterocycles. The molecule has 1 aromatic carbocycles. The van der Waals surface area contributed by atoms with Gasteiger partial charge in [-0.3, -0.25) is 4.79 Å². The molecular weight excluding hydrogens is 245 g/mol. The van der Waals surface area contributed by atoms with Crippen molar-refractivity contribution in [1.82, 2.24) is 4.90 Å². The first-order valence-electron chi connectivity index (χ1n) is 6.42. The van der Waals surface area contributed by atoms with E-state index < -0.39 is 0 Å². The minimum atomic E-state index is -0.279. The number of hydrogen-bond donors (Lipinski definition) is 0. The lowest BCUT2D eigenvalue weighted by Gasteiger charge is -2.36. The zero-order valence-corrected chi connectivity index (χ0v) is 11.2. The highest BCUT2D eigenvalue weighted by Gasteiger charge is 2.25. The molecule has 3 nitrogen and oxygen atoms in total. The van der Waals surface area contributed by atoms with Gasteiger partial charge in [0.05, 0.1) is 18.8 Å². The van der Waals surface area contributed by atoms with E-state index in [1.54, 1.807) is 23.1 Å². The number of carbonyl (C=O) groups is 1. The third-order valence-electron chi connectivity index (χ3n) is 3.18. The smallest absolute Gasteiger partial charge is 0.246 e. The average molecular weight is 263 g/mol. The van der Waals surface area contributed by atoms with Crippen molar-refractivity contribution < 1.29 is 13.9 Å². The van der Waals surface area contributed by atoms with Crippen molar-refractivity contribution in [2.24, 2.45) is 0 Å². The van der Waals surface area contributed by atoms with E-state index in [9.17, 15) is 9.18 Å². The van der Waals surface area contributed by atoms with Crippen molar-refractivity contribution in [1.29, 1.82) is 0 Å². The van der Waals surface area contributed by atoms with Gasteiger partial charge in [0.1, 0.15) is 5.82 Å². The lowest BCUT2D eigenvalue weighted by molar-refractivity contribution is -0.137. The summed E-state index contributed by atoms with van der Waals surface area (Å²) in [4.78, 5) is 13.9. The van der Waals surface area contributed by atoms with Gasteiger partial charge in [0.2, 0.25) is 5.91 Å². The third-order valence-corrected chi connectivity index (χ3v) is 3.18. The quantitative estimate of drug-likeness (QED) is 0.767. The molecule has 0 spiro atoms.